The van der Waals surface area contributed by atoms with E-state index in [1.54, 1.807) is 6.20 Å². The molecule has 1 unspecified atom stereocenters. The first-order valence-electron chi connectivity index (χ1n) is 8.00. The van der Waals surface area contributed by atoms with E-state index in [2.05, 4.69) is 10.3 Å². The van der Waals surface area contributed by atoms with E-state index in [0.29, 0.717) is 19.0 Å². The average molecular weight is 314 g/mol. The third-order valence-corrected chi connectivity index (χ3v) is 3.68. The summed E-state index contributed by atoms with van der Waals surface area (Å²) in [6.07, 6.45) is 1.40. The Morgan fingerprint density at radius 1 is 1.22 bits per heavy atom. The fourth-order valence-electron chi connectivity index (χ4n) is 2.61. The van der Waals surface area contributed by atoms with Crippen molar-refractivity contribution in [3.63, 3.8) is 0 Å². The Hall–Kier alpha value is -2.11. The number of nitrogens with zero attached hydrogens (tertiary/aromatic N) is 1. The smallest absolute Gasteiger partial charge is 0.168 e. The van der Waals surface area contributed by atoms with Crippen molar-refractivity contribution in [2.24, 2.45) is 0 Å². The number of benzene rings is 1. The summed E-state index contributed by atoms with van der Waals surface area (Å²) in [7, 11) is 0. The molecule has 0 amide bonds. The van der Waals surface area contributed by atoms with Gasteiger partial charge in [0.25, 0.3) is 0 Å². The van der Waals surface area contributed by atoms with Crippen LogP contribution in [0.25, 0.3) is 0 Å². The number of morpholine rings is 1. The second-order valence-corrected chi connectivity index (χ2v) is 5.29. The highest BCUT2D eigenvalue weighted by atomic mass is 16.6. The van der Waals surface area contributed by atoms with E-state index in [-0.39, 0.29) is 12.2 Å². The van der Waals surface area contributed by atoms with Crippen LogP contribution in [0.3, 0.4) is 0 Å². The van der Waals surface area contributed by atoms with Crippen LogP contribution in [-0.4, -0.2) is 37.4 Å². The Morgan fingerprint density at radius 2 is 2.04 bits per heavy atom. The van der Waals surface area contributed by atoms with Crippen molar-refractivity contribution in [2.45, 2.75) is 19.1 Å². The van der Waals surface area contributed by atoms with Crippen LogP contribution in [0, 0.1) is 0 Å². The molecule has 1 aliphatic rings. The summed E-state index contributed by atoms with van der Waals surface area (Å²) in [6, 6.07) is 13.5. The predicted molar refractivity (Wildman–Crippen MR) is 87.8 cm³/mol. The van der Waals surface area contributed by atoms with Crippen LogP contribution in [0.4, 0.5) is 0 Å². The Kier molecular flexibility index (Phi) is 5.45. The van der Waals surface area contributed by atoms with Gasteiger partial charge in [0, 0.05) is 19.3 Å². The maximum atomic E-state index is 6.27. The van der Waals surface area contributed by atoms with Crippen molar-refractivity contribution >= 4 is 0 Å². The van der Waals surface area contributed by atoms with Crippen LogP contribution in [0.1, 0.15) is 18.7 Å². The van der Waals surface area contributed by atoms with Crippen LogP contribution < -0.4 is 14.8 Å². The van der Waals surface area contributed by atoms with Crippen molar-refractivity contribution in [2.75, 3.05) is 26.3 Å². The zero-order valence-corrected chi connectivity index (χ0v) is 13.3. The molecule has 1 saturated heterocycles. The van der Waals surface area contributed by atoms with Crippen molar-refractivity contribution in [1.29, 1.82) is 0 Å². The summed E-state index contributed by atoms with van der Waals surface area (Å²) < 4.78 is 17.8. The number of hydrogen-bond donors (Lipinski definition) is 1. The van der Waals surface area contributed by atoms with E-state index in [9.17, 15) is 0 Å². The van der Waals surface area contributed by atoms with E-state index < -0.39 is 0 Å². The fraction of sp³-hybridized carbons (Fsp3) is 0.389. The van der Waals surface area contributed by atoms with E-state index in [0.717, 1.165) is 24.5 Å². The number of rotatable bonds is 6. The first-order chi connectivity index (χ1) is 11.4. The lowest BCUT2D eigenvalue weighted by atomic mass is 10.1. The molecule has 122 valence electrons. The second-order valence-electron chi connectivity index (χ2n) is 5.29. The lowest BCUT2D eigenvalue weighted by molar-refractivity contribution is -0.0453. The Balaban J connectivity index is 1.86. The highest BCUT2D eigenvalue weighted by molar-refractivity contribution is 5.40. The molecule has 0 spiro atoms. The van der Waals surface area contributed by atoms with Crippen LogP contribution in [0.5, 0.6) is 11.5 Å². The van der Waals surface area contributed by atoms with Gasteiger partial charge in [0.1, 0.15) is 6.10 Å². The van der Waals surface area contributed by atoms with Crippen molar-refractivity contribution in [3.05, 3.63) is 54.4 Å². The SMILES string of the molecule is CCOc1ccccc1OC(c1ccccn1)[C@@H]1CNCCO1. The molecule has 2 heterocycles. The molecule has 23 heavy (non-hydrogen) atoms. The van der Waals surface area contributed by atoms with E-state index in [1.807, 2.05) is 49.4 Å². The summed E-state index contributed by atoms with van der Waals surface area (Å²) in [5, 5.41) is 3.35. The molecule has 1 fully saturated rings. The van der Waals surface area contributed by atoms with Crippen molar-refractivity contribution in [1.82, 2.24) is 10.3 Å². The third-order valence-electron chi connectivity index (χ3n) is 3.68. The van der Waals surface area contributed by atoms with Gasteiger partial charge in [0.15, 0.2) is 17.6 Å². The fourth-order valence-corrected chi connectivity index (χ4v) is 2.61. The molecule has 3 rings (SSSR count). The second kappa shape index (κ2) is 7.94. The summed E-state index contributed by atoms with van der Waals surface area (Å²) in [5.41, 5.74) is 0.854. The van der Waals surface area contributed by atoms with Gasteiger partial charge in [-0.3, -0.25) is 4.98 Å². The number of pyridine rings is 1. The summed E-state index contributed by atoms with van der Waals surface area (Å²) in [5.74, 6) is 1.44. The highest BCUT2D eigenvalue weighted by Gasteiger charge is 2.29. The molecule has 0 aliphatic carbocycles. The third kappa shape index (κ3) is 4.00. The maximum Gasteiger partial charge on any atom is 0.168 e. The number of para-hydroxylation sites is 2. The molecule has 2 aromatic rings. The molecule has 0 radical (unpaired) electrons. The lowest BCUT2D eigenvalue weighted by Gasteiger charge is -2.31. The van der Waals surface area contributed by atoms with Gasteiger partial charge in [-0.15, -0.1) is 0 Å². The molecule has 1 aromatic heterocycles. The molecule has 2 atom stereocenters. The largest absolute Gasteiger partial charge is 0.490 e. The van der Waals surface area contributed by atoms with Gasteiger partial charge in [0.2, 0.25) is 0 Å². The number of nitrogens with one attached hydrogen (secondary N) is 1. The molecule has 5 nitrogen and oxygen atoms in total. The monoisotopic (exact) mass is 314 g/mol. The zero-order chi connectivity index (χ0) is 15.9. The number of hydrogen-bond acceptors (Lipinski definition) is 5. The lowest BCUT2D eigenvalue weighted by Crippen LogP contribution is -2.43. The van der Waals surface area contributed by atoms with Gasteiger partial charge in [0.05, 0.1) is 18.9 Å². The molecule has 1 aliphatic heterocycles. The van der Waals surface area contributed by atoms with Gasteiger partial charge < -0.3 is 19.5 Å². The minimum absolute atomic E-state index is 0.0895. The topological polar surface area (TPSA) is 52.6 Å². The van der Waals surface area contributed by atoms with Crippen molar-refractivity contribution in [3.8, 4) is 11.5 Å². The summed E-state index contributed by atoms with van der Waals surface area (Å²) >= 11 is 0. The van der Waals surface area contributed by atoms with Gasteiger partial charge >= 0.3 is 0 Å². The zero-order valence-electron chi connectivity index (χ0n) is 13.3. The van der Waals surface area contributed by atoms with E-state index in [4.69, 9.17) is 14.2 Å². The molecule has 0 bridgehead atoms. The first-order valence-corrected chi connectivity index (χ1v) is 8.00. The molecule has 5 heteroatoms. The Bertz CT molecular complexity index is 600. The first kappa shape index (κ1) is 15.8. The van der Waals surface area contributed by atoms with Crippen LogP contribution in [0.15, 0.2) is 48.7 Å². The normalized spacial score (nSPS) is 19.1. The standard InChI is InChI=1S/C18H22N2O3/c1-2-21-15-8-3-4-9-16(15)23-18(14-7-5-6-10-20-14)17-13-19-11-12-22-17/h3-10,17-19H,2,11-13H2,1H3/t17-,18?/m0/s1. The van der Waals surface area contributed by atoms with Crippen LogP contribution >= 0.6 is 0 Å². The molecule has 1 N–H and O–H groups in total. The van der Waals surface area contributed by atoms with Gasteiger partial charge in [-0.25, -0.2) is 0 Å². The maximum absolute atomic E-state index is 6.27. The Morgan fingerprint density at radius 3 is 2.74 bits per heavy atom. The van der Waals surface area contributed by atoms with Gasteiger partial charge in [-0.1, -0.05) is 18.2 Å². The minimum Gasteiger partial charge on any atom is -0.490 e. The number of aromatic nitrogens is 1. The van der Waals surface area contributed by atoms with Crippen LogP contribution in [-0.2, 0) is 4.74 Å². The van der Waals surface area contributed by atoms with Gasteiger partial charge in [-0.05, 0) is 31.2 Å². The molecular weight excluding hydrogens is 292 g/mol. The molecule has 0 saturated carbocycles. The van der Waals surface area contributed by atoms with Gasteiger partial charge in [-0.2, -0.15) is 0 Å². The van der Waals surface area contributed by atoms with Crippen LogP contribution in [0.2, 0.25) is 0 Å². The average Bonchev–Trinajstić information content (AvgIpc) is 2.63. The number of ether oxygens (including phenoxy) is 3. The molecule has 1 aromatic carbocycles. The van der Waals surface area contributed by atoms with Crippen molar-refractivity contribution < 1.29 is 14.2 Å². The highest BCUT2D eigenvalue weighted by Crippen LogP contribution is 2.33. The minimum atomic E-state index is -0.286. The van der Waals surface area contributed by atoms with E-state index in [1.165, 1.54) is 0 Å². The molecular formula is C18H22N2O3. The summed E-state index contributed by atoms with van der Waals surface area (Å²) in [4.78, 5) is 4.45. The Labute approximate surface area is 136 Å². The van der Waals surface area contributed by atoms with E-state index >= 15 is 0 Å². The predicted octanol–water partition coefficient (Wildman–Crippen LogP) is 2.59. The summed E-state index contributed by atoms with van der Waals surface area (Å²) in [6.45, 7) is 4.82. The quantitative estimate of drug-likeness (QED) is 0.888.